The minimum atomic E-state index is -3.51. The van der Waals surface area contributed by atoms with Gasteiger partial charge >= 0.3 is 0 Å². The second-order valence-corrected chi connectivity index (χ2v) is 9.39. The van der Waals surface area contributed by atoms with Crippen molar-refractivity contribution in [3.05, 3.63) is 0 Å². The van der Waals surface area contributed by atoms with Crippen molar-refractivity contribution in [1.82, 2.24) is 0 Å². The largest absolute Gasteiger partial charge is 0.394 e. The summed E-state index contributed by atoms with van der Waals surface area (Å²) in [5.41, 5.74) is -0.349. The first-order valence-electron chi connectivity index (χ1n) is 5.97. The van der Waals surface area contributed by atoms with Gasteiger partial charge in [-0.3, -0.25) is 0 Å². The summed E-state index contributed by atoms with van der Waals surface area (Å²) in [6, 6.07) is 0. The Hall–Kier alpha value is -0.130. The molecule has 0 saturated heterocycles. The van der Waals surface area contributed by atoms with Crippen LogP contribution in [0, 0.1) is 5.41 Å². The van der Waals surface area contributed by atoms with Crippen molar-refractivity contribution in [3.63, 3.8) is 0 Å². The van der Waals surface area contributed by atoms with Gasteiger partial charge in [-0.05, 0) is 32.1 Å². The Morgan fingerprint density at radius 3 is 1.82 bits per heavy atom. The molecule has 4 nitrogen and oxygen atoms in total. The summed E-state index contributed by atoms with van der Waals surface area (Å²) in [4.78, 5) is 0. The number of hydrogen-bond acceptors (Lipinski definition) is 4. The molecule has 0 spiro atoms. The van der Waals surface area contributed by atoms with Crippen LogP contribution in [0.25, 0.3) is 0 Å². The molecule has 1 rings (SSSR count). The van der Waals surface area contributed by atoms with Crippen LogP contribution in [0.3, 0.4) is 0 Å². The first-order valence-corrected chi connectivity index (χ1v) is 7.45. The van der Waals surface area contributed by atoms with E-state index in [1.54, 1.807) is 0 Å². The van der Waals surface area contributed by atoms with Gasteiger partial charge < -0.3 is 10.2 Å². The van der Waals surface area contributed by atoms with Crippen molar-refractivity contribution in [1.29, 1.82) is 0 Å². The zero-order chi connectivity index (χ0) is 13.7. The minimum absolute atomic E-state index is 0.349. The second-order valence-electron chi connectivity index (χ2n) is 6.55. The highest BCUT2D eigenvalue weighted by atomic mass is 32.2. The molecule has 0 amide bonds. The number of hydrogen-bond donors (Lipinski definition) is 2. The Balaban J connectivity index is 3.22. The zero-order valence-electron chi connectivity index (χ0n) is 11.3. The summed E-state index contributed by atoms with van der Waals surface area (Å²) < 4.78 is 23.4. The van der Waals surface area contributed by atoms with Gasteiger partial charge in [-0.15, -0.1) is 0 Å². The van der Waals surface area contributed by atoms with Gasteiger partial charge in [0.25, 0.3) is 0 Å². The molecule has 0 aromatic heterocycles. The minimum Gasteiger partial charge on any atom is -0.394 e. The predicted molar refractivity (Wildman–Crippen MR) is 67.5 cm³/mol. The molecule has 1 fully saturated rings. The molecule has 0 heterocycles. The number of aliphatic hydroxyl groups excluding tert-OH is 2. The molecule has 1 unspecified atom stereocenters. The van der Waals surface area contributed by atoms with E-state index in [2.05, 4.69) is 0 Å². The average molecular weight is 264 g/mol. The molecule has 102 valence electrons. The standard InChI is InChI=1S/C12H24O4S/c1-10(2,3)12(6-7-12)17(15,16)11(4,5)9(14)8-13/h9,13-14H,6-8H2,1-5H3. The predicted octanol–water partition coefficient (Wildman–Crippen LogP) is 1.11. The van der Waals surface area contributed by atoms with Crippen LogP contribution < -0.4 is 0 Å². The summed E-state index contributed by atoms with van der Waals surface area (Å²) in [5, 5.41) is 18.8. The molecule has 1 aliphatic rings. The maximum atomic E-state index is 12.7. The summed E-state index contributed by atoms with van der Waals surface area (Å²) >= 11 is 0. The van der Waals surface area contributed by atoms with Gasteiger partial charge in [-0.1, -0.05) is 20.8 Å². The van der Waals surface area contributed by atoms with Crippen LogP contribution in [0.5, 0.6) is 0 Å². The Labute approximate surface area is 104 Å². The maximum absolute atomic E-state index is 12.7. The van der Waals surface area contributed by atoms with E-state index in [-0.39, 0.29) is 5.41 Å². The van der Waals surface area contributed by atoms with Crippen LogP contribution in [0.1, 0.15) is 47.5 Å². The smallest absolute Gasteiger partial charge is 0.164 e. The van der Waals surface area contributed by atoms with E-state index < -0.39 is 32.0 Å². The third kappa shape index (κ3) is 1.92. The molecule has 2 N–H and O–H groups in total. The summed E-state index contributed by atoms with van der Waals surface area (Å²) in [7, 11) is -3.51. The van der Waals surface area contributed by atoms with Crippen molar-refractivity contribution in [2.45, 2.75) is 63.1 Å². The summed E-state index contributed by atoms with van der Waals surface area (Å²) in [6.07, 6.45) is 0.0354. The highest BCUT2D eigenvalue weighted by Crippen LogP contribution is 2.58. The molecule has 0 bridgehead atoms. The summed E-state index contributed by atoms with van der Waals surface area (Å²) in [5.74, 6) is 0. The zero-order valence-corrected chi connectivity index (χ0v) is 12.1. The molecule has 1 aliphatic carbocycles. The Kier molecular flexibility index (Phi) is 3.45. The lowest BCUT2D eigenvalue weighted by molar-refractivity contribution is 0.0681. The van der Waals surface area contributed by atoms with E-state index in [1.807, 2.05) is 20.8 Å². The molecule has 1 saturated carbocycles. The van der Waals surface area contributed by atoms with Crippen LogP contribution in [-0.4, -0.2) is 40.8 Å². The Bertz CT molecular complexity index is 385. The van der Waals surface area contributed by atoms with Gasteiger partial charge in [-0.2, -0.15) is 0 Å². The van der Waals surface area contributed by atoms with E-state index in [0.29, 0.717) is 12.8 Å². The van der Waals surface area contributed by atoms with Gasteiger partial charge in [0.05, 0.1) is 22.2 Å². The van der Waals surface area contributed by atoms with E-state index in [1.165, 1.54) is 13.8 Å². The van der Waals surface area contributed by atoms with Crippen LogP contribution in [0.15, 0.2) is 0 Å². The molecule has 1 atom stereocenters. The normalized spacial score (nSPS) is 22.3. The number of sulfone groups is 1. The summed E-state index contributed by atoms with van der Waals surface area (Å²) in [6.45, 7) is 8.20. The van der Waals surface area contributed by atoms with Gasteiger partial charge in [-0.25, -0.2) is 8.42 Å². The topological polar surface area (TPSA) is 74.6 Å². The third-order valence-electron chi connectivity index (χ3n) is 4.25. The Morgan fingerprint density at radius 2 is 1.59 bits per heavy atom. The quantitative estimate of drug-likeness (QED) is 0.797. The first-order chi connectivity index (χ1) is 7.44. The van der Waals surface area contributed by atoms with Gasteiger partial charge in [0.2, 0.25) is 0 Å². The van der Waals surface area contributed by atoms with Gasteiger partial charge in [0.15, 0.2) is 9.84 Å². The van der Waals surface area contributed by atoms with E-state index in [4.69, 9.17) is 5.11 Å². The van der Waals surface area contributed by atoms with Crippen LogP contribution in [0.4, 0.5) is 0 Å². The van der Waals surface area contributed by atoms with Crippen molar-refractivity contribution >= 4 is 9.84 Å². The van der Waals surface area contributed by atoms with Crippen molar-refractivity contribution in [3.8, 4) is 0 Å². The fourth-order valence-corrected chi connectivity index (χ4v) is 5.32. The lowest BCUT2D eigenvalue weighted by Gasteiger charge is -2.39. The molecule has 17 heavy (non-hydrogen) atoms. The monoisotopic (exact) mass is 264 g/mol. The van der Waals surface area contributed by atoms with Crippen LogP contribution in [0.2, 0.25) is 0 Å². The molecule has 0 radical (unpaired) electrons. The van der Waals surface area contributed by atoms with E-state index in [0.717, 1.165) is 0 Å². The molecule has 0 aromatic carbocycles. The first kappa shape index (κ1) is 14.9. The van der Waals surface area contributed by atoms with E-state index >= 15 is 0 Å². The third-order valence-corrected chi connectivity index (χ3v) is 7.96. The average Bonchev–Trinajstić information content (AvgIpc) is 2.95. The fourth-order valence-electron chi connectivity index (χ4n) is 2.44. The number of rotatable bonds is 4. The molecule has 5 heteroatoms. The van der Waals surface area contributed by atoms with Crippen molar-refractivity contribution < 1.29 is 18.6 Å². The van der Waals surface area contributed by atoms with Crippen molar-refractivity contribution in [2.24, 2.45) is 5.41 Å². The van der Waals surface area contributed by atoms with Gasteiger partial charge in [0, 0.05) is 0 Å². The van der Waals surface area contributed by atoms with E-state index in [9.17, 15) is 13.5 Å². The molecular formula is C12H24O4S. The molecule has 0 aliphatic heterocycles. The Morgan fingerprint density at radius 1 is 1.18 bits per heavy atom. The van der Waals surface area contributed by atoms with Crippen molar-refractivity contribution in [2.75, 3.05) is 6.61 Å². The SMILES string of the molecule is CC(C)(C)C1(S(=O)(=O)C(C)(C)C(O)CO)CC1. The number of aliphatic hydroxyl groups is 2. The highest BCUT2D eigenvalue weighted by Gasteiger charge is 2.66. The molecule has 0 aromatic rings. The lowest BCUT2D eigenvalue weighted by Crippen LogP contribution is -2.54. The highest BCUT2D eigenvalue weighted by molar-refractivity contribution is 7.94. The van der Waals surface area contributed by atoms with Crippen LogP contribution >= 0.6 is 0 Å². The lowest BCUT2D eigenvalue weighted by atomic mass is 9.89. The molecular weight excluding hydrogens is 240 g/mol. The fraction of sp³-hybridized carbons (Fsp3) is 1.00. The van der Waals surface area contributed by atoms with Crippen LogP contribution in [-0.2, 0) is 9.84 Å². The second kappa shape index (κ2) is 3.93. The maximum Gasteiger partial charge on any atom is 0.164 e. The van der Waals surface area contributed by atoms with Gasteiger partial charge in [0.1, 0.15) is 0 Å².